The highest BCUT2D eigenvalue weighted by atomic mass is 35.5. The van der Waals surface area contributed by atoms with Crippen molar-refractivity contribution in [3.8, 4) is 11.3 Å². The van der Waals surface area contributed by atoms with Gasteiger partial charge in [0.25, 0.3) is 0 Å². The fraction of sp³-hybridized carbons (Fsp3) is 0.333. The molecule has 0 bridgehead atoms. The number of benzene rings is 1. The molecule has 1 aromatic heterocycles. The van der Waals surface area contributed by atoms with Gasteiger partial charge in [0.1, 0.15) is 0 Å². The summed E-state index contributed by atoms with van der Waals surface area (Å²) in [5, 5.41) is 5.37. The number of hydrogen-bond donors (Lipinski definition) is 2. The van der Waals surface area contributed by atoms with E-state index in [0.717, 1.165) is 24.1 Å². The first kappa shape index (κ1) is 15.9. The van der Waals surface area contributed by atoms with Gasteiger partial charge < -0.3 is 11.1 Å². The summed E-state index contributed by atoms with van der Waals surface area (Å²) in [6.45, 7) is 4.17. The maximum absolute atomic E-state index is 11.9. The molecule has 1 saturated carbocycles. The minimum atomic E-state index is -0.660. The zero-order valence-corrected chi connectivity index (χ0v) is 13.6. The second-order valence-electron chi connectivity index (χ2n) is 5.45. The van der Waals surface area contributed by atoms with Crippen LogP contribution in [0.25, 0.3) is 11.3 Å². The monoisotopic (exact) mass is 323 g/mol. The predicted octanol–water partition coefficient (Wildman–Crippen LogP) is 3.28. The van der Waals surface area contributed by atoms with Crippen LogP contribution in [-0.4, -0.2) is 16.4 Å². The topological polar surface area (TPSA) is 68.0 Å². The quantitative estimate of drug-likeness (QED) is 0.910. The highest BCUT2D eigenvalue weighted by Crippen LogP contribution is 2.34. The normalized spacial score (nSPS) is 15.2. The van der Waals surface area contributed by atoms with E-state index in [-0.39, 0.29) is 18.3 Å². The van der Waals surface area contributed by atoms with E-state index in [4.69, 9.17) is 5.73 Å². The summed E-state index contributed by atoms with van der Waals surface area (Å²) in [6.07, 6.45) is 1.52. The Balaban J connectivity index is 0.00000161. The number of amides is 1. The first-order valence-corrected chi connectivity index (χ1v) is 7.49. The summed E-state index contributed by atoms with van der Waals surface area (Å²) in [7, 11) is 0. The molecular formula is C15H18ClN3OS. The summed E-state index contributed by atoms with van der Waals surface area (Å²) < 4.78 is 0. The van der Waals surface area contributed by atoms with Gasteiger partial charge in [0.2, 0.25) is 5.91 Å². The number of rotatable bonds is 3. The predicted molar refractivity (Wildman–Crippen MR) is 89.1 cm³/mol. The first-order chi connectivity index (χ1) is 9.48. The van der Waals surface area contributed by atoms with Crippen molar-refractivity contribution in [2.75, 3.05) is 5.32 Å². The van der Waals surface area contributed by atoms with Crippen molar-refractivity contribution in [1.29, 1.82) is 0 Å². The number of nitrogens with two attached hydrogens (primary N) is 1. The smallest absolute Gasteiger partial charge is 0.246 e. The lowest BCUT2D eigenvalue weighted by Gasteiger charge is -2.06. The van der Waals surface area contributed by atoms with Gasteiger partial charge in [0, 0.05) is 10.9 Å². The molecule has 1 amide bonds. The average Bonchev–Trinajstić information content (AvgIpc) is 3.00. The van der Waals surface area contributed by atoms with Crippen LogP contribution in [0, 0.1) is 13.8 Å². The second kappa shape index (κ2) is 5.75. The van der Waals surface area contributed by atoms with Gasteiger partial charge >= 0.3 is 0 Å². The molecule has 1 fully saturated rings. The Labute approximate surface area is 134 Å². The highest BCUT2D eigenvalue weighted by Gasteiger charge is 2.46. The van der Waals surface area contributed by atoms with Crippen LogP contribution in [0.4, 0.5) is 5.13 Å². The Kier molecular flexibility index (Phi) is 4.37. The number of aromatic nitrogens is 1. The molecule has 0 unspecified atom stereocenters. The summed E-state index contributed by atoms with van der Waals surface area (Å²) in [4.78, 5) is 16.3. The second-order valence-corrected chi connectivity index (χ2v) is 6.31. The van der Waals surface area contributed by atoms with Crippen molar-refractivity contribution >= 4 is 34.8 Å². The van der Waals surface area contributed by atoms with E-state index < -0.39 is 5.54 Å². The molecule has 1 aliphatic rings. The summed E-state index contributed by atoms with van der Waals surface area (Å²) >= 11 is 1.43. The molecule has 2 aromatic rings. The van der Waals surface area contributed by atoms with Gasteiger partial charge in [-0.15, -0.1) is 23.7 Å². The number of carbonyl (C=O) groups excluding carboxylic acids is 1. The van der Waals surface area contributed by atoms with Gasteiger partial charge in [-0.1, -0.05) is 12.1 Å². The molecule has 0 spiro atoms. The number of aryl methyl sites for hydroxylation is 2. The van der Waals surface area contributed by atoms with E-state index in [2.05, 4.69) is 36.3 Å². The van der Waals surface area contributed by atoms with Crippen LogP contribution in [0.2, 0.25) is 0 Å². The van der Waals surface area contributed by atoms with Gasteiger partial charge in [-0.25, -0.2) is 4.98 Å². The van der Waals surface area contributed by atoms with Crippen LogP contribution < -0.4 is 11.1 Å². The standard InChI is InChI=1S/C15H17N3OS.ClH/c1-9-3-4-11(7-10(9)2)12-8-20-14(17-12)18-13(19)15(16)5-6-15;/h3-4,7-8H,5-6,16H2,1-2H3,(H,17,18,19);1H. The van der Waals surface area contributed by atoms with Gasteiger partial charge in [-0.3, -0.25) is 4.79 Å². The summed E-state index contributed by atoms with van der Waals surface area (Å²) in [5.41, 5.74) is 9.65. The molecule has 3 rings (SSSR count). The average molecular weight is 324 g/mol. The summed E-state index contributed by atoms with van der Waals surface area (Å²) in [5.74, 6) is -0.126. The molecule has 1 aliphatic carbocycles. The Morgan fingerprint density at radius 3 is 2.67 bits per heavy atom. The van der Waals surface area contributed by atoms with Crippen LogP contribution in [0.5, 0.6) is 0 Å². The molecule has 0 atom stereocenters. The van der Waals surface area contributed by atoms with Crippen molar-refractivity contribution in [3.05, 3.63) is 34.7 Å². The number of anilines is 1. The van der Waals surface area contributed by atoms with Crippen molar-refractivity contribution in [1.82, 2.24) is 4.98 Å². The Bertz CT molecular complexity index is 679. The van der Waals surface area contributed by atoms with E-state index in [1.54, 1.807) is 0 Å². The molecule has 4 nitrogen and oxygen atoms in total. The molecule has 1 heterocycles. The van der Waals surface area contributed by atoms with E-state index in [1.807, 2.05) is 11.4 Å². The number of thiazole rings is 1. The number of hydrogen-bond acceptors (Lipinski definition) is 4. The lowest BCUT2D eigenvalue weighted by molar-refractivity contribution is -0.118. The van der Waals surface area contributed by atoms with E-state index in [1.165, 1.54) is 22.5 Å². The number of carbonyl (C=O) groups is 1. The molecule has 0 saturated heterocycles. The number of halogens is 1. The molecular weight excluding hydrogens is 306 g/mol. The minimum absolute atomic E-state index is 0. The molecule has 0 aliphatic heterocycles. The van der Waals surface area contributed by atoms with Gasteiger partial charge in [-0.2, -0.15) is 0 Å². The third-order valence-electron chi connectivity index (χ3n) is 3.77. The molecule has 0 radical (unpaired) electrons. The lowest BCUT2D eigenvalue weighted by atomic mass is 10.1. The van der Waals surface area contributed by atoms with Crippen LogP contribution in [-0.2, 0) is 4.79 Å². The van der Waals surface area contributed by atoms with Gasteiger partial charge in [0.05, 0.1) is 11.2 Å². The summed E-state index contributed by atoms with van der Waals surface area (Å²) in [6, 6.07) is 6.25. The zero-order valence-electron chi connectivity index (χ0n) is 12.0. The molecule has 21 heavy (non-hydrogen) atoms. The highest BCUT2D eigenvalue weighted by molar-refractivity contribution is 7.14. The third-order valence-corrected chi connectivity index (χ3v) is 4.53. The molecule has 112 valence electrons. The van der Waals surface area contributed by atoms with Crippen LogP contribution in [0.1, 0.15) is 24.0 Å². The lowest BCUT2D eigenvalue weighted by Crippen LogP contribution is -2.37. The van der Waals surface area contributed by atoms with Crippen molar-refractivity contribution in [2.24, 2.45) is 5.73 Å². The third kappa shape index (κ3) is 3.26. The fourth-order valence-electron chi connectivity index (χ4n) is 1.95. The van der Waals surface area contributed by atoms with Crippen LogP contribution in [0.15, 0.2) is 23.6 Å². The van der Waals surface area contributed by atoms with E-state index in [9.17, 15) is 4.79 Å². The maximum atomic E-state index is 11.9. The maximum Gasteiger partial charge on any atom is 0.246 e. The fourth-order valence-corrected chi connectivity index (χ4v) is 2.66. The van der Waals surface area contributed by atoms with Crippen LogP contribution in [0.3, 0.4) is 0 Å². The number of nitrogens with one attached hydrogen (secondary N) is 1. The Morgan fingerprint density at radius 2 is 2.05 bits per heavy atom. The van der Waals surface area contributed by atoms with Gasteiger partial charge in [0.15, 0.2) is 5.13 Å². The van der Waals surface area contributed by atoms with Crippen molar-refractivity contribution < 1.29 is 4.79 Å². The van der Waals surface area contributed by atoms with Crippen molar-refractivity contribution in [2.45, 2.75) is 32.2 Å². The minimum Gasteiger partial charge on any atom is -0.317 e. The van der Waals surface area contributed by atoms with Crippen LogP contribution >= 0.6 is 23.7 Å². The zero-order chi connectivity index (χ0) is 14.3. The largest absolute Gasteiger partial charge is 0.317 e. The molecule has 6 heteroatoms. The molecule has 1 aromatic carbocycles. The van der Waals surface area contributed by atoms with Gasteiger partial charge in [-0.05, 0) is 43.9 Å². The SMILES string of the molecule is Cc1ccc(-c2csc(NC(=O)C3(N)CC3)n2)cc1C.Cl. The molecule has 3 N–H and O–H groups in total. The van der Waals surface area contributed by atoms with E-state index in [0.29, 0.717) is 5.13 Å². The Hall–Kier alpha value is -1.43. The van der Waals surface area contributed by atoms with Crippen molar-refractivity contribution in [3.63, 3.8) is 0 Å². The Morgan fingerprint density at radius 1 is 1.33 bits per heavy atom. The first-order valence-electron chi connectivity index (χ1n) is 6.61. The van der Waals surface area contributed by atoms with E-state index >= 15 is 0 Å². The number of nitrogens with zero attached hydrogens (tertiary/aromatic N) is 1.